The predicted octanol–water partition coefficient (Wildman–Crippen LogP) is 2.13. The molecule has 112 valence electrons. The molecule has 0 saturated carbocycles. The average molecular weight is 281 g/mol. The van der Waals surface area contributed by atoms with Gasteiger partial charge in [-0.2, -0.15) is 0 Å². The molecule has 5 nitrogen and oxygen atoms in total. The summed E-state index contributed by atoms with van der Waals surface area (Å²) in [6.07, 6.45) is 1.29. The Hall–Kier alpha value is -1.75. The molecule has 20 heavy (non-hydrogen) atoms. The lowest BCUT2D eigenvalue weighted by molar-refractivity contribution is -0.146. The number of hydrogen-bond donors (Lipinski definition) is 1. The molecule has 0 aliphatic heterocycles. The van der Waals surface area contributed by atoms with Crippen LogP contribution < -0.4 is 15.2 Å². The summed E-state index contributed by atoms with van der Waals surface area (Å²) in [5.74, 6) is 0.907. The van der Waals surface area contributed by atoms with Crippen LogP contribution in [-0.4, -0.2) is 31.8 Å². The zero-order valence-electron chi connectivity index (χ0n) is 12.3. The summed E-state index contributed by atoms with van der Waals surface area (Å²) in [6, 6.07) is 7.44. The van der Waals surface area contributed by atoms with Gasteiger partial charge in [-0.15, -0.1) is 0 Å². The van der Waals surface area contributed by atoms with E-state index < -0.39 is 11.5 Å². The average Bonchev–Trinajstić information content (AvgIpc) is 2.45. The quantitative estimate of drug-likeness (QED) is 0.739. The van der Waals surface area contributed by atoms with Crippen LogP contribution in [0.2, 0.25) is 0 Å². The van der Waals surface area contributed by atoms with Crippen LogP contribution in [0.5, 0.6) is 11.5 Å². The van der Waals surface area contributed by atoms with Gasteiger partial charge in [0.25, 0.3) is 0 Å². The van der Waals surface area contributed by atoms with Crippen LogP contribution in [0.25, 0.3) is 0 Å². The van der Waals surface area contributed by atoms with Crippen LogP contribution in [0.1, 0.15) is 26.7 Å². The third-order valence-corrected chi connectivity index (χ3v) is 2.84. The molecule has 1 aromatic rings. The van der Waals surface area contributed by atoms with Crippen molar-refractivity contribution in [1.29, 1.82) is 0 Å². The smallest absolute Gasteiger partial charge is 0.325 e. The number of rotatable bonds is 8. The minimum atomic E-state index is -1.05. The van der Waals surface area contributed by atoms with Crippen LogP contribution in [0.3, 0.4) is 0 Å². The second-order valence-electron chi connectivity index (χ2n) is 4.80. The van der Waals surface area contributed by atoms with E-state index in [-0.39, 0.29) is 0 Å². The van der Waals surface area contributed by atoms with E-state index in [9.17, 15) is 4.79 Å². The standard InChI is InChI=1S/C15H23NO4/c1-4-10-19-12-7-5-6-8-13(12)20-11-9-15(2,16)14(17)18-3/h5-8H,4,9-11,16H2,1-3H3. The first-order valence-electron chi connectivity index (χ1n) is 6.73. The van der Waals surface area contributed by atoms with Crippen molar-refractivity contribution in [1.82, 2.24) is 0 Å². The summed E-state index contributed by atoms with van der Waals surface area (Å²) >= 11 is 0. The van der Waals surface area contributed by atoms with Crippen molar-refractivity contribution in [3.8, 4) is 11.5 Å². The maximum atomic E-state index is 11.5. The van der Waals surface area contributed by atoms with E-state index in [0.29, 0.717) is 31.1 Å². The third kappa shape index (κ3) is 4.74. The first-order chi connectivity index (χ1) is 9.51. The van der Waals surface area contributed by atoms with Gasteiger partial charge in [-0.25, -0.2) is 0 Å². The largest absolute Gasteiger partial charge is 0.490 e. The number of carbonyl (C=O) groups is 1. The number of benzene rings is 1. The monoisotopic (exact) mass is 281 g/mol. The molecule has 0 fully saturated rings. The van der Waals surface area contributed by atoms with Gasteiger partial charge in [0.05, 0.1) is 20.3 Å². The van der Waals surface area contributed by atoms with E-state index >= 15 is 0 Å². The molecular weight excluding hydrogens is 258 g/mol. The summed E-state index contributed by atoms with van der Waals surface area (Å²) in [5.41, 5.74) is 4.82. The van der Waals surface area contributed by atoms with Gasteiger partial charge in [-0.3, -0.25) is 4.79 Å². The topological polar surface area (TPSA) is 70.8 Å². The van der Waals surface area contributed by atoms with Crippen LogP contribution >= 0.6 is 0 Å². The number of para-hydroxylation sites is 2. The minimum absolute atomic E-state index is 0.314. The van der Waals surface area contributed by atoms with E-state index in [1.54, 1.807) is 6.92 Å². The summed E-state index contributed by atoms with van der Waals surface area (Å²) in [6.45, 7) is 4.62. The van der Waals surface area contributed by atoms with Crippen LogP contribution in [0.4, 0.5) is 0 Å². The van der Waals surface area contributed by atoms with Gasteiger partial charge in [0.1, 0.15) is 5.54 Å². The number of hydrogen-bond acceptors (Lipinski definition) is 5. The molecule has 0 aromatic heterocycles. The molecular formula is C15H23NO4. The Morgan fingerprint density at radius 2 is 1.75 bits per heavy atom. The van der Waals surface area contributed by atoms with Gasteiger partial charge in [0, 0.05) is 6.42 Å². The second kappa shape index (κ2) is 7.75. The van der Waals surface area contributed by atoms with Gasteiger partial charge in [-0.05, 0) is 25.5 Å². The highest BCUT2D eigenvalue weighted by Gasteiger charge is 2.29. The van der Waals surface area contributed by atoms with E-state index in [1.165, 1.54) is 7.11 Å². The van der Waals surface area contributed by atoms with Gasteiger partial charge in [0.15, 0.2) is 11.5 Å². The van der Waals surface area contributed by atoms with Gasteiger partial charge in [-0.1, -0.05) is 19.1 Å². The predicted molar refractivity (Wildman–Crippen MR) is 76.9 cm³/mol. The van der Waals surface area contributed by atoms with Crippen molar-refractivity contribution >= 4 is 5.97 Å². The summed E-state index contributed by atoms with van der Waals surface area (Å²) in [7, 11) is 1.32. The normalized spacial score (nSPS) is 13.4. The van der Waals surface area contributed by atoms with Crippen LogP contribution in [0.15, 0.2) is 24.3 Å². The molecule has 1 unspecified atom stereocenters. The van der Waals surface area contributed by atoms with Gasteiger partial charge < -0.3 is 19.9 Å². The summed E-state index contributed by atoms with van der Waals surface area (Å²) in [4.78, 5) is 11.5. The molecule has 1 aromatic carbocycles. The molecule has 0 heterocycles. The molecule has 0 saturated heterocycles. The molecule has 2 N–H and O–H groups in total. The second-order valence-corrected chi connectivity index (χ2v) is 4.80. The molecule has 0 aliphatic carbocycles. The van der Waals surface area contributed by atoms with Crippen molar-refractivity contribution in [3.63, 3.8) is 0 Å². The molecule has 1 rings (SSSR count). The Bertz CT molecular complexity index is 432. The van der Waals surface area contributed by atoms with Crippen molar-refractivity contribution in [2.45, 2.75) is 32.2 Å². The van der Waals surface area contributed by atoms with E-state index in [0.717, 1.165) is 6.42 Å². The van der Waals surface area contributed by atoms with Crippen molar-refractivity contribution < 1.29 is 19.0 Å². The molecule has 0 amide bonds. The zero-order valence-corrected chi connectivity index (χ0v) is 12.3. The highest BCUT2D eigenvalue weighted by atomic mass is 16.5. The lowest BCUT2D eigenvalue weighted by Gasteiger charge is -2.21. The minimum Gasteiger partial charge on any atom is -0.490 e. The van der Waals surface area contributed by atoms with Crippen LogP contribution in [-0.2, 0) is 9.53 Å². The fourth-order valence-electron chi connectivity index (χ4n) is 1.61. The molecule has 5 heteroatoms. The van der Waals surface area contributed by atoms with E-state index in [4.69, 9.17) is 15.2 Å². The molecule has 0 spiro atoms. The maximum absolute atomic E-state index is 11.5. The van der Waals surface area contributed by atoms with Gasteiger partial charge >= 0.3 is 5.97 Å². The van der Waals surface area contributed by atoms with Crippen molar-refractivity contribution in [2.24, 2.45) is 5.73 Å². The number of ether oxygens (including phenoxy) is 3. The molecule has 0 aliphatic rings. The molecule has 1 atom stereocenters. The first kappa shape index (κ1) is 16.3. The Balaban J connectivity index is 2.55. The van der Waals surface area contributed by atoms with Gasteiger partial charge in [0.2, 0.25) is 0 Å². The molecule has 0 bridgehead atoms. The lowest BCUT2D eigenvalue weighted by Crippen LogP contribution is -2.46. The molecule has 0 radical (unpaired) electrons. The van der Waals surface area contributed by atoms with E-state index in [2.05, 4.69) is 4.74 Å². The Morgan fingerprint density at radius 1 is 1.20 bits per heavy atom. The number of esters is 1. The summed E-state index contributed by atoms with van der Waals surface area (Å²) in [5, 5.41) is 0. The lowest BCUT2D eigenvalue weighted by atomic mass is 10.0. The highest BCUT2D eigenvalue weighted by molar-refractivity contribution is 5.79. The fraction of sp³-hybridized carbons (Fsp3) is 0.533. The first-order valence-corrected chi connectivity index (χ1v) is 6.73. The zero-order chi connectivity index (χ0) is 15.0. The van der Waals surface area contributed by atoms with Crippen molar-refractivity contribution in [3.05, 3.63) is 24.3 Å². The Labute approximate surface area is 120 Å². The Kier molecular flexibility index (Phi) is 6.31. The van der Waals surface area contributed by atoms with E-state index in [1.807, 2.05) is 31.2 Å². The number of nitrogens with two attached hydrogens (primary N) is 1. The number of methoxy groups -OCH3 is 1. The Morgan fingerprint density at radius 3 is 2.25 bits per heavy atom. The SMILES string of the molecule is CCCOc1ccccc1OCCC(C)(N)C(=O)OC. The maximum Gasteiger partial charge on any atom is 0.325 e. The highest BCUT2D eigenvalue weighted by Crippen LogP contribution is 2.27. The summed E-state index contributed by atoms with van der Waals surface area (Å²) < 4.78 is 15.9. The van der Waals surface area contributed by atoms with Crippen LogP contribution in [0, 0.1) is 0 Å². The van der Waals surface area contributed by atoms with Crippen molar-refractivity contribution in [2.75, 3.05) is 20.3 Å². The fourth-order valence-corrected chi connectivity index (χ4v) is 1.61. The third-order valence-electron chi connectivity index (χ3n) is 2.84. The number of carbonyl (C=O) groups excluding carboxylic acids is 1.